The maximum Gasteiger partial charge on any atom is 0.196 e. The molecule has 7 aromatic rings. The van der Waals surface area contributed by atoms with Crippen molar-refractivity contribution in [2.75, 3.05) is 0 Å². The van der Waals surface area contributed by atoms with E-state index in [4.69, 9.17) is 0 Å². The van der Waals surface area contributed by atoms with Crippen LogP contribution in [-0.2, 0) is 4.57 Å². The summed E-state index contributed by atoms with van der Waals surface area (Å²) in [5.74, 6) is 0. The molecule has 0 saturated carbocycles. The summed E-state index contributed by atoms with van der Waals surface area (Å²) in [6, 6.07) is 25.6. The molecular formula is C24H13N2OP. The van der Waals surface area contributed by atoms with E-state index in [-0.39, 0.29) is 0 Å². The number of hydrogen-bond acceptors (Lipinski definition) is 1. The first-order chi connectivity index (χ1) is 13.8. The Labute approximate surface area is 159 Å². The van der Waals surface area contributed by atoms with Gasteiger partial charge in [0.25, 0.3) is 0 Å². The highest BCUT2D eigenvalue weighted by Crippen LogP contribution is 2.49. The van der Waals surface area contributed by atoms with Crippen LogP contribution in [0.2, 0.25) is 0 Å². The van der Waals surface area contributed by atoms with E-state index in [9.17, 15) is 4.57 Å². The molecule has 0 amide bonds. The second kappa shape index (κ2) is 4.24. The lowest BCUT2D eigenvalue weighted by Gasteiger charge is -2.07. The van der Waals surface area contributed by atoms with Gasteiger partial charge >= 0.3 is 0 Å². The molecule has 0 fully saturated rings. The minimum absolute atomic E-state index is 0.955. The van der Waals surface area contributed by atoms with Crippen molar-refractivity contribution in [3.8, 4) is 0 Å². The molecule has 1 aliphatic heterocycles. The highest BCUT2D eigenvalue weighted by Gasteiger charge is 2.28. The van der Waals surface area contributed by atoms with E-state index >= 15 is 0 Å². The van der Waals surface area contributed by atoms with Crippen LogP contribution < -0.4 is 5.30 Å². The average molecular weight is 376 g/mol. The Morgan fingerprint density at radius 1 is 0.536 bits per heavy atom. The largest absolute Gasteiger partial charge is 0.305 e. The number of fused-ring (bicyclic) bond motifs is 5. The van der Waals surface area contributed by atoms with Crippen LogP contribution in [0.5, 0.6) is 0 Å². The topological polar surface area (TPSA) is 26.4 Å². The van der Waals surface area contributed by atoms with E-state index in [1.54, 1.807) is 0 Å². The molecule has 0 bridgehead atoms. The number of benzene rings is 4. The van der Waals surface area contributed by atoms with Gasteiger partial charge in [-0.3, -0.25) is 8.90 Å². The summed E-state index contributed by atoms with van der Waals surface area (Å²) in [6.45, 7) is 0. The Morgan fingerprint density at radius 3 is 1.96 bits per heavy atom. The lowest BCUT2D eigenvalue weighted by atomic mass is 10.1. The van der Waals surface area contributed by atoms with Gasteiger partial charge in [-0.1, -0.05) is 60.7 Å². The summed E-state index contributed by atoms with van der Waals surface area (Å²) < 4.78 is 18.5. The Morgan fingerprint density at radius 2 is 1.14 bits per heavy atom. The van der Waals surface area contributed by atoms with Crippen molar-refractivity contribution in [3.05, 3.63) is 72.8 Å². The number of aromatic nitrogens is 2. The van der Waals surface area contributed by atoms with Crippen LogP contribution >= 0.6 is 7.95 Å². The van der Waals surface area contributed by atoms with Crippen LogP contribution in [0.1, 0.15) is 0 Å². The third kappa shape index (κ3) is 1.25. The highest BCUT2D eigenvalue weighted by molar-refractivity contribution is 7.53. The molecule has 4 aromatic carbocycles. The van der Waals surface area contributed by atoms with Crippen molar-refractivity contribution in [1.82, 2.24) is 8.74 Å². The molecule has 28 heavy (non-hydrogen) atoms. The molecule has 4 heterocycles. The fraction of sp³-hybridized carbons (Fsp3) is 0. The second-order valence-electron chi connectivity index (χ2n) is 7.75. The molecule has 8 rings (SSSR count). The minimum Gasteiger partial charge on any atom is -0.305 e. The molecule has 0 aliphatic carbocycles. The predicted molar refractivity (Wildman–Crippen MR) is 118 cm³/mol. The fourth-order valence-electron chi connectivity index (χ4n) is 5.54. The normalized spacial score (nSPS) is 16.4. The Hall–Kier alpha value is -3.29. The Balaban J connectivity index is 1.91. The quantitative estimate of drug-likeness (QED) is 0.302. The van der Waals surface area contributed by atoms with Crippen molar-refractivity contribution >= 4 is 73.2 Å². The van der Waals surface area contributed by atoms with Crippen molar-refractivity contribution in [3.63, 3.8) is 0 Å². The zero-order valence-electron chi connectivity index (χ0n) is 14.7. The van der Waals surface area contributed by atoms with E-state index in [0.717, 1.165) is 21.9 Å². The monoisotopic (exact) mass is 376 g/mol. The molecule has 1 aliphatic rings. The van der Waals surface area contributed by atoms with E-state index < -0.39 is 7.95 Å². The zero-order valence-corrected chi connectivity index (χ0v) is 15.7. The first kappa shape index (κ1) is 13.8. The van der Waals surface area contributed by atoms with Crippen molar-refractivity contribution in [2.24, 2.45) is 0 Å². The lowest BCUT2D eigenvalue weighted by molar-refractivity contribution is 0.590. The van der Waals surface area contributed by atoms with Gasteiger partial charge in [0, 0.05) is 32.3 Å². The zero-order chi connectivity index (χ0) is 18.1. The smallest absolute Gasteiger partial charge is 0.196 e. The standard InChI is InChI=1S/C24H13N2OP/c27-28-20-10-4-8-16-14-6-3-7-15-18-12-11-17-13-5-1-2-9-19(13)26(28)24(17)23(18)25(21(14)15)22(16)20/h1-12,28H. The molecule has 0 saturated heterocycles. The fourth-order valence-corrected chi connectivity index (χ4v) is 7.32. The van der Waals surface area contributed by atoms with Crippen molar-refractivity contribution < 1.29 is 4.57 Å². The van der Waals surface area contributed by atoms with Gasteiger partial charge in [0.2, 0.25) is 0 Å². The minimum atomic E-state index is -2.21. The summed E-state index contributed by atoms with van der Waals surface area (Å²) in [6.07, 6.45) is 0. The van der Waals surface area contributed by atoms with Gasteiger partial charge < -0.3 is 4.40 Å². The average Bonchev–Trinajstić information content (AvgIpc) is 3.34. The number of para-hydroxylation sites is 3. The summed E-state index contributed by atoms with van der Waals surface area (Å²) in [5, 5.41) is 8.28. The third-order valence-corrected chi connectivity index (χ3v) is 8.30. The lowest BCUT2D eigenvalue weighted by Crippen LogP contribution is -2.02. The molecule has 3 nitrogen and oxygen atoms in total. The molecule has 3 aromatic heterocycles. The Kier molecular flexibility index (Phi) is 2.09. The first-order valence-electron chi connectivity index (χ1n) is 9.52. The van der Waals surface area contributed by atoms with Crippen molar-refractivity contribution in [1.29, 1.82) is 0 Å². The van der Waals surface area contributed by atoms with Gasteiger partial charge in [0.1, 0.15) is 0 Å². The molecule has 1 unspecified atom stereocenters. The molecule has 0 radical (unpaired) electrons. The van der Waals surface area contributed by atoms with Gasteiger partial charge in [-0.15, -0.1) is 0 Å². The molecule has 4 heteroatoms. The number of nitrogens with zero attached hydrogens (tertiary/aromatic N) is 2. The maximum atomic E-state index is 14.0. The van der Waals surface area contributed by atoms with Crippen LogP contribution in [0.15, 0.2) is 72.8 Å². The summed E-state index contributed by atoms with van der Waals surface area (Å²) in [4.78, 5) is 0. The van der Waals surface area contributed by atoms with Gasteiger partial charge in [0.15, 0.2) is 7.95 Å². The Bertz CT molecular complexity index is 1840. The summed E-state index contributed by atoms with van der Waals surface area (Å²) >= 11 is 0. The summed E-state index contributed by atoms with van der Waals surface area (Å²) in [7, 11) is -2.21. The molecule has 1 atom stereocenters. The highest BCUT2D eigenvalue weighted by atomic mass is 31.1. The second-order valence-corrected chi connectivity index (χ2v) is 9.35. The maximum absolute atomic E-state index is 14.0. The first-order valence-corrected chi connectivity index (χ1v) is 10.9. The van der Waals surface area contributed by atoms with Crippen LogP contribution in [0.4, 0.5) is 0 Å². The van der Waals surface area contributed by atoms with Crippen LogP contribution in [-0.4, -0.2) is 8.74 Å². The van der Waals surface area contributed by atoms with E-state index in [1.165, 1.54) is 43.4 Å². The molecular weight excluding hydrogens is 363 g/mol. The van der Waals surface area contributed by atoms with Crippen LogP contribution in [0.3, 0.4) is 0 Å². The van der Waals surface area contributed by atoms with Crippen LogP contribution in [0, 0.1) is 0 Å². The molecule has 0 N–H and O–H groups in total. The van der Waals surface area contributed by atoms with Gasteiger partial charge in [0.05, 0.1) is 32.9 Å². The number of rotatable bonds is 0. The third-order valence-electron chi connectivity index (χ3n) is 6.57. The van der Waals surface area contributed by atoms with Gasteiger partial charge in [-0.25, -0.2) is 0 Å². The van der Waals surface area contributed by atoms with Crippen LogP contribution in [0.25, 0.3) is 59.9 Å². The SMILES string of the molecule is O=[PH]1c2cccc3c4cccc5c6ccc7c8ccccc8n1c7c6n(c23)c45. The number of hydrogen-bond donors (Lipinski definition) is 0. The van der Waals surface area contributed by atoms with E-state index in [2.05, 4.69) is 75.5 Å². The summed E-state index contributed by atoms with van der Waals surface area (Å²) in [5.41, 5.74) is 5.73. The van der Waals surface area contributed by atoms with E-state index in [1.807, 2.05) is 6.07 Å². The molecule has 0 spiro atoms. The predicted octanol–water partition coefficient (Wildman–Crippen LogP) is 5.91. The molecule has 130 valence electrons. The van der Waals surface area contributed by atoms with Gasteiger partial charge in [-0.2, -0.15) is 0 Å². The van der Waals surface area contributed by atoms with E-state index in [0.29, 0.717) is 0 Å². The van der Waals surface area contributed by atoms with Gasteiger partial charge in [-0.05, 0) is 12.1 Å². The van der Waals surface area contributed by atoms with Crippen molar-refractivity contribution in [2.45, 2.75) is 0 Å².